The van der Waals surface area contributed by atoms with Gasteiger partial charge in [-0.25, -0.2) is 0 Å². The minimum atomic E-state index is 0.374. The first-order valence-corrected chi connectivity index (χ1v) is 6.82. The van der Waals surface area contributed by atoms with Crippen LogP contribution in [0.15, 0.2) is 24.3 Å². The van der Waals surface area contributed by atoms with Gasteiger partial charge in [0.25, 0.3) is 0 Å². The van der Waals surface area contributed by atoms with E-state index in [9.17, 15) is 0 Å². The minimum absolute atomic E-state index is 0.374. The zero-order valence-corrected chi connectivity index (χ0v) is 11.4. The molecule has 2 rings (SSSR count). The van der Waals surface area contributed by atoms with Gasteiger partial charge < -0.3 is 10.5 Å². The quantitative estimate of drug-likeness (QED) is 0.886. The van der Waals surface area contributed by atoms with Crippen LogP contribution in [0.2, 0.25) is 0 Å². The normalized spacial score (nSPS) is 25.1. The van der Waals surface area contributed by atoms with E-state index in [1.54, 1.807) is 0 Å². The highest BCUT2D eigenvalue weighted by molar-refractivity contribution is 5.26. The largest absolute Gasteiger partial charge is 0.492 e. The molecule has 0 aliphatic carbocycles. The fourth-order valence-corrected chi connectivity index (χ4v) is 2.38. The van der Waals surface area contributed by atoms with Crippen LogP contribution in [0, 0.1) is 12.8 Å². The lowest BCUT2D eigenvalue weighted by molar-refractivity contribution is 0.140. The molecule has 1 aromatic rings. The Kier molecular flexibility index (Phi) is 4.61. The fourth-order valence-electron chi connectivity index (χ4n) is 2.38. The van der Waals surface area contributed by atoms with Gasteiger partial charge in [0.15, 0.2) is 0 Å². The summed E-state index contributed by atoms with van der Waals surface area (Å²) >= 11 is 0. The molecule has 100 valence electrons. The van der Waals surface area contributed by atoms with E-state index in [1.807, 2.05) is 12.1 Å². The molecule has 1 aliphatic rings. The first-order valence-electron chi connectivity index (χ1n) is 6.82. The maximum absolute atomic E-state index is 6.02. The number of likely N-dealkylation sites (tertiary alicyclic amines) is 1. The van der Waals surface area contributed by atoms with Crippen molar-refractivity contribution in [1.82, 2.24) is 4.90 Å². The number of nitrogens with zero attached hydrogens (tertiary/aromatic N) is 1. The summed E-state index contributed by atoms with van der Waals surface area (Å²) in [4.78, 5) is 2.45. The van der Waals surface area contributed by atoms with Crippen molar-refractivity contribution < 1.29 is 4.74 Å². The van der Waals surface area contributed by atoms with Crippen molar-refractivity contribution in [3.05, 3.63) is 29.8 Å². The van der Waals surface area contributed by atoms with Gasteiger partial charge in [-0.3, -0.25) is 4.90 Å². The molecule has 0 aromatic heterocycles. The van der Waals surface area contributed by atoms with Gasteiger partial charge in [0.1, 0.15) is 12.4 Å². The second-order valence-electron chi connectivity index (χ2n) is 5.39. The van der Waals surface area contributed by atoms with Crippen molar-refractivity contribution in [2.24, 2.45) is 11.7 Å². The minimum Gasteiger partial charge on any atom is -0.492 e. The van der Waals surface area contributed by atoms with Crippen molar-refractivity contribution in [1.29, 1.82) is 0 Å². The molecule has 0 radical (unpaired) electrons. The average molecular weight is 248 g/mol. The van der Waals surface area contributed by atoms with E-state index in [4.69, 9.17) is 10.5 Å². The molecule has 18 heavy (non-hydrogen) atoms. The summed E-state index contributed by atoms with van der Waals surface area (Å²) < 4.78 is 5.75. The highest BCUT2D eigenvalue weighted by Crippen LogP contribution is 2.15. The number of aryl methyl sites for hydroxylation is 1. The summed E-state index contributed by atoms with van der Waals surface area (Å²) in [6.07, 6.45) is 1.10. The van der Waals surface area contributed by atoms with Crippen molar-refractivity contribution in [2.75, 3.05) is 26.2 Å². The van der Waals surface area contributed by atoms with Crippen LogP contribution < -0.4 is 10.5 Å². The Hall–Kier alpha value is -1.06. The molecule has 1 heterocycles. The zero-order valence-electron chi connectivity index (χ0n) is 11.4. The van der Waals surface area contributed by atoms with Crippen LogP contribution in [0.5, 0.6) is 5.75 Å². The lowest BCUT2D eigenvalue weighted by Gasteiger charge is -2.34. The number of ether oxygens (including phenoxy) is 1. The van der Waals surface area contributed by atoms with Crippen molar-refractivity contribution in [3.8, 4) is 5.75 Å². The van der Waals surface area contributed by atoms with Crippen LogP contribution in [-0.4, -0.2) is 37.2 Å². The number of rotatable bonds is 4. The fraction of sp³-hybridized carbons (Fsp3) is 0.600. The van der Waals surface area contributed by atoms with E-state index >= 15 is 0 Å². The van der Waals surface area contributed by atoms with E-state index < -0.39 is 0 Å². The van der Waals surface area contributed by atoms with Gasteiger partial charge in [-0.1, -0.05) is 24.6 Å². The summed E-state index contributed by atoms with van der Waals surface area (Å²) in [5.41, 5.74) is 7.28. The Morgan fingerprint density at radius 3 is 2.72 bits per heavy atom. The molecule has 0 bridgehead atoms. The predicted octanol–water partition coefficient (Wildman–Crippen LogP) is 2.04. The van der Waals surface area contributed by atoms with E-state index in [0.717, 1.165) is 38.4 Å². The smallest absolute Gasteiger partial charge is 0.119 e. The lowest BCUT2D eigenvalue weighted by atomic mass is 9.95. The van der Waals surface area contributed by atoms with Crippen LogP contribution in [0.3, 0.4) is 0 Å². The Morgan fingerprint density at radius 2 is 2.06 bits per heavy atom. The zero-order chi connectivity index (χ0) is 13.0. The van der Waals surface area contributed by atoms with E-state index in [-0.39, 0.29) is 0 Å². The van der Waals surface area contributed by atoms with Gasteiger partial charge in [-0.2, -0.15) is 0 Å². The first-order chi connectivity index (χ1) is 8.65. The van der Waals surface area contributed by atoms with Crippen LogP contribution in [0.25, 0.3) is 0 Å². The Labute approximate surface area is 110 Å². The molecule has 0 amide bonds. The van der Waals surface area contributed by atoms with E-state index in [1.165, 1.54) is 5.56 Å². The Bertz CT molecular complexity index is 363. The third-order valence-electron chi connectivity index (χ3n) is 3.75. The van der Waals surface area contributed by atoms with Gasteiger partial charge in [-0.15, -0.1) is 0 Å². The summed E-state index contributed by atoms with van der Waals surface area (Å²) in [5, 5.41) is 0. The summed E-state index contributed by atoms with van der Waals surface area (Å²) in [5.74, 6) is 1.56. The number of hydrogen-bond acceptors (Lipinski definition) is 3. The van der Waals surface area contributed by atoms with Gasteiger partial charge in [0.05, 0.1) is 0 Å². The molecule has 2 N–H and O–H groups in total. The maximum atomic E-state index is 6.02. The summed E-state index contributed by atoms with van der Waals surface area (Å²) in [6, 6.07) is 8.60. The predicted molar refractivity (Wildman–Crippen MR) is 74.9 cm³/mol. The van der Waals surface area contributed by atoms with Gasteiger partial charge in [0, 0.05) is 19.1 Å². The molecule has 3 heteroatoms. The third kappa shape index (κ3) is 3.72. The summed E-state index contributed by atoms with van der Waals surface area (Å²) in [7, 11) is 0. The SMILES string of the molecule is Cc1ccc(OCCN2CCC(N)C(C)C2)cc1. The van der Waals surface area contributed by atoms with Crippen LogP contribution in [0.1, 0.15) is 18.9 Å². The number of piperidine rings is 1. The molecule has 0 spiro atoms. The van der Waals surface area contributed by atoms with Crippen molar-refractivity contribution in [3.63, 3.8) is 0 Å². The number of hydrogen-bond donors (Lipinski definition) is 1. The molecule has 1 fully saturated rings. The highest BCUT2D eigenvalue weighted by Gasteiger charge is 2.22. The van der Waals surface area contributed by atoms with Crippen LogP contribution in [0.4, 0.5) is 0 Å². The van der Waals surface area contributed by atoms with E-state index in [0.29, 0.717) is 12.0 Å². The first kappa shape index (κ1) is 13.4. The molecule has 1 aromatic carbocycles. The van der Waals surface area contributed by atoms with Crippen molar-refractivity contribution in [2.45, 2.75) is 26.3 Å². The molecule has 2 atom stereocenters. The Morgan fingerprint density at radius 1 is 1.33 bits per heavy atom. The lowest BCUT2D eigenvalue weighted by Crippen LogP contribution is -2.46. The molecule has 3 nitrogen and oxygen atoms in total. The molecule has 2 unspecified atom stereocenters. The highest BCUT2D eigenvalue weighted by atomic mass is 16.5. The van der Waals surface area contributed by atoms with Crippen LogP contribution >= 0.6 is 0 Å². The summed E-state index contributed by atoms with van der Waals surface area (Å²) in [6.45, 7) is 8.26. The Balaban J connectivity index is 1.71. The van der Waals surface area contributed by atoms with Crippen molar-refractivity contribution >= 4 is 0 Å². The average Bonchev–Trinajstić information content (AvgIpc) is 2.36. The monoisotopic (exact) mass is 248 g/mol. The molecule has 1 saturated heterocycles. The molecular formula is C15H24N2O. The second-order valence-corrected chi connectivity index (χ2v) is 5.39. The van der Waals surface area contributed by atoms with Crippen LogP contribution in [-0.2, 0) is 0 Å². The van der Waals surface area contributed by atoms with Gasteiger partial charge in [-0.05, 0) is 37.9 Å². The number of nitrogens with two attached hydrogens (primary N) is 1. The second kappa shape index (κ2) is 6.21. The van der Waals surface area contributed by atoms with Gasteiger partial charge >= 0.3 is 0 Å². The topological polar surface area (TPSA) is 38.5 Å². The molecule has 1 aliphatic heterocycles. The number of benzene rings is 1. The third-order valence-corrected chi connectivity index (χ3v) is 3.75. The van der Waals surface area contributed by atoms with Gasteiger partial charge in [0.2, 0.25) is 0 Å². The molecular weight excluding hydrogens is 224 g/mol. The van der Waals surface area contributed by atoms with E-state index in [2.05, 4.69) is 30.9 Å². The maximum Gasteiger partial charge on any atom is 0.119 e. The standard InChI is InChI=1S/C15H24N2O/c1-12-3-5-14(6-4-12)18-10-9-17-8-7-15(16)13(2)11-17/h3-6,13,15H,7-11,16H2,1-2H3. The molecule has 0 saturated carbocycles.